The van der Waals surface area contributed by atoms with Crippen molar-refractivity contribution in [3.8, 4) is 0 Å². The molecule has 0 amide bonds. The minimum atomic E-state index is -3.63. The number of carbonyl (C=O) groups excluding carboxylic acids is 1. The van der Waals surface area contributed by atoms with Crippen molar-refractivity contribution >= 4 is 27.6 Å². The number of nitrogens with zero attached hydrogens (tertiary/aromatic N) is 1. The maximum absolute atomic E-state index is 12.6. The van der Waals surface area contributed by atoms with Crippen molar-refractivity contribution in [3.05, 3.63) is 52.9 Å². The van der Waals surface area contributed by atoms with Crippen LogP contribution >= 0.6 is 11.3 Å². The molecule has 20 heavy (non-hydrogen) atoms. The second-order valence-corrected chi connectivity index (χ2v) is 7.65. The fourth-order valence-corrected chi connectivity index (χ4v) is 5.01. The first-order valence-corrected chi connectivity index (χ1v) is 8.44. The van der Waals surface area contributed by atoms with Gasteiger partial charge < -0.3 is 0 Å². The van der Waals surface area contributed by atoms with E-state index in [2.05, 4.69) is 0 Å². The molecule has 1 aliphatic rings. The normalized spacial score (nSPS) is 19.5. The molecule has 1 aromatic heterocycles. The van der Waals surface area contributed by atoms with Crippen molar-refractivity contribution in [2.75, 3.05) is 0 Å². The van der Waals surface area contributed by atoms with Gasteiger partial charge in [0.1, 0.15) is 4.21 Å². The van der Waals surface area contributed by atoms with Crippen LogP contribution in [0, 0.1) is 0 Å². The van der Waals surface area contributed by atoms with Crippen molar-refractivity contribution in [2.24, 2.45) is 0 Å². The topological polar surface area (TPSA) is 54.5 Å². The maximum Gasteiger partial charge on any atom is 0.253 e. The molecule has 3 rings (SSSR count). The second-order valence-electron chi connectivity index (χ2n) is 4.59. The molecule has 0 spiro atoms. The Morgan fingerprint density at radius 3 is 2.55 bits per heavy atom. The van der Waals surface area contributed by atoms with E-state index in [9.17, 15) is 13.2 Å². The third-order valence-corrected chi connectivity index (χ3v) is 6.63. The van der Waals surface area contributed by atoms with Crippen LogP contribution in [0.25, 0.3) is 0 Å². The van der Waals surface area contributed by atoms with Gasteiger partial charge in [0, 0.05) is 6.54 Å². The fourth-order valence-electron chi connectivity index (χ4n) is 2.38. The van der Waals surface area contributed by atoms with E-state index in [0.717, 1.165) is 22.5 Å². The Kier molecular flexibility index (Phi) is 3.45. The summed E-state index contributed by atoms with van der Waals surface area (Å²) in [7, 11) is -3.63. The molecule has 1 aliphatic heterocycles. The summed E-state index contributed by atoms with van der Waals surface area (Å²) in [5, 5.41) is 1.71. The van der Waals surface area contributed by atoms with Crippen molar-refractivity contribution < 1.29 is 13.2 Å². The first kappa shape index (κ1) is 13.5. The molecule has 1 aromatic carbocycles. The average Bonchev–Trinajstić information content (AvgIpc) is 3.00. The minimum absolute atomic E-state index is 0.219. The molecular weight excluding hydrogens is 294 g/mol. The Labute approximate surface area is 121 Å². The predicted molar refractivity (Wildman–Crippen MR) is 76.7 cm³/mol. The fraction of sp³-hybridized carbons (Fsp3) is 0.214. The van der Waals surface area contributed by atoms with Crippen LogP contribution in [0.3, 0.4) is 0 Å². The van der Waals surface area contributed by atoms with E-state index in [-0.39, 0.29) is 10.8 Å². The van der Waals surface area contributed by atoms with Gasteiger partial charge >= 0.3 is 0 Å². The van der Waals surface area contributed by atoms with Gasteiger partial charge in [-0.2, -0.15) is 4.31 Å². The zero-order valence-electron chi connectivity index (χ0n) is 10.5. The number of benzene rings is 1. The standard InChI is InChI=1S/C14H12NO3S2/c16-10-13-8-11-4-1-2-5-12(11)9-15(13)20(17,18)14-6-3-7-19-14/h1-7,13H,8-9H2/t13-/m0/s1. The van der Waals surface area contributed by atoms with E-state index < -0.39 is 16.1 Å². The van der Waals surface area contributed by atoms with Crippen molar-refractivity contribution in [1.82, 2.24) is 4.31 Å². The summed E-state index contributed by atoms with van der Waals surface area (Å²) in [5.74, 6) is 0. The van der Waals surface area contributed by atoms with Gasteiger partial charge in [-0.25, -0.2) is 8.42 Å². The maximum atomic E-state index is 12.6. The number of hydrogen-bond donors (Lipinski definition) is 0. The number of sulfonamides is 1. The molecule has 0 aliphatic carbocycles. The predicted octanol–water partition coefficient (Wildman–Crippen LogP) is 1.97. The molecule has 103 valence electrons. The van der Waals surface area contributed by atoms with E-state index in [0.29, 0.717) is 6.42 Å². The molecule has 4 nitrogen and oxygen atoms in total. The Balaban J connectivity index is 2.03. The summed E-state index contributed by atoms with van der Waals surface area (Å²) in [6.45, 7) is 0.219. The summed E-state index contributed by atoms with van der Waals surface area (Å²) in [6, 6.07) is 10.1. The molecule has 2 heterocycles. The van der Waals surface area contributed by atoms with Crippen molar-refractivity contribution in [1.29, 1.82) is 0 Å². The van der Waals surface area contributed by atoms with Crippen LogP contribution in [-0.2, 0) is 27.8 Å². The third-order valence-electron chi connectivity index (χ3n) is 3.40. The SMILES string of the molecule is O=[C][C@@H]1Cc2ccccc2CN1S(=O)(=O)c1cccs1. The highest BCUT2D eigenvalue weighted by molar-refractivity contribution is 7.91. The van der Waals surface area contributed by atoms with Gasteiger partial charge in [-0.15, -0.1) is 11.3 Å². The van der Waals surface area contributed by atoms with Crippen molar-refractivity contribution in [3.63, 3.8) is 0 Å². The van der Waals surface area contributed by atoms with Gasteiger partial charge in [0.2, 0.25) is 6.29 Å². The van der Waals surface area contributed by atoms with Crippen molar-refractivity contribution in [2.45, 2.75) is 23.2 Å². The quantitative estimate of drug-likeness (QED) is 0.871. The van der Waals surface area contributed by atoms with E-state index in [1.165, 1.54) is 4.31 Å². The minimum Gasteiger partial charge on any atom is -0.289 e. The lowest BCUT2D eigenvalue weighted by atomic mass is 9.97. The van der Waals surface area contributed by atoms with Crippen LogP contribution in [-0.4, -0.2) is 25.1 Å². The number of hydrogen-bond acceptors (Lipinski definition) is 4. The molecule has 6 heteroatoms. The molecule has 0 saturated heterocycles. The van der Waals surface area contributed by atoms with Crippen LogP contribution in [0.1, 0.15) is 11.1 Å². The molecule has 1 radical (unpaired) electrons. The first-order valence-electron chi connectivity index (χ1n) is 6.13. The lowest BCUT2D eigenvalue weighted by Gasteiger charge is -2.31. The summed E-state index contributed by atoms with van der Waals surface area (Å²) in [4.78, 5) is 11.2. The first-order chi connectivity index (χ1) is 9.63. The van der Waals surface area contributed by atoms with Gasteiger partial charge in [0.15, 0.2) is 0 Å². The highest BCUT2D eigenvalue weighted by atomic mass is 32.2. The summed E-state index contributed by atoms with van der Waals surface area (Å²) >= 11 is 1.16. The van der Waals surface area contributed by atoms with Gasteiger partial charge in [-0.1, -0.05) is 30.3 Å². The summed E-state index contributed by atoms with van der Waals surface area (Å²) in [5.41, 5.74) is 1.96. The van der Waals surface area contributed by atoms with Crippen LogP contribution in [0.2, 0.25) is 0 Å². The summed E-state index contributed by atoms with van der Waals surface area (Å²) in [6.07, 6.45) is 2.24. The van der Waals surface area contributed by atoms with E-state index in [1.54, 1.807) is 17.5 Å². The Morgan fingerprint density at radius 2 is 1.90 bits per heavy atom. The number of thiophene rings is 1. The largest absolute Gasteiger partial charge is 0.289 e. The molecular formula is C14H12NO3S2. The molecule has 0 saturated carbocycles. The summed E-state index contributed by atoms with van der Waals surface area (Å²) < 4.78 is 26.7. The van der Waals surface area contributed by atoms with Gasteiger partial charge in [-0.05, 0) is 29.0 Å². The van der Waals surface area contributed by atoms with Crippen LogP contribution in [0.15, 0.2) is 46.0 Å². The Bertz CT molecular complexity index is 723. The molecule has 0 unspecified atom stereocenters. The lowest BCUT2D eigenvalue weighted by Crippen LogP contribution is -2.44. The zero-order valence-corrected chi connectivity index (χ0v) is 12.2. The van der Waals surface area contributed by atoms with Crippen LogP contribution in [0.4, 0.5) is 0 Å². The molecule has 0 N–H and O–H groups in total. The Morgan fingerprint density at radius 1 is 1.15 bits per heavy atom. The molecule has 0 bridgehead atoms. The van der Waals surface area contributed by atoms with E-state index in [1.807, 2.05) is 30.6 Å². The highest BCUT2D eigenvalue weighted by Crippen LogP contribution is 2.29. The number of rotatable bonds is 3. The van der Waals surface area contributed by atoms with Gasteiger partial charge in [0.05, 0.1) is 6.04 Å². The average molecular weight is 306 g/mol. The molecule has 1 atom stereocenters. The smallest absolute Gasteiger partial charge is 0.253 e. The van der Waals surface area contributed by atoms with Crippen LogP contribution in [0.5, 0.6) is 0 Å². The van der Waals surface area contributed by atoms with Gasteiger partial charge in [0.25, 0.3) is 10.0 Å². The van der Waals surface area contributed by atoms with E-state index in [4.69, 9.17) is 0 Å². The molecule has 0 fully saturated rings. The lowest BCUT2D eigenvalue weighted by molar-refractivity contribution is 0.339. The van der Waals surface area contributed by atoms with E-state index >= 15 is 0 Å². The monoisotopic (exact) mass is 306 g/mol. The van der Waals surface area contributed by atoms with Crippen LogP contribution < -0.4 is 0 Å². The number of fused-ring (bicyclic) bond motifs is 1. The third kappa shape index (κ3) is 2.19. The highest BCUT2D eigenvalue weighted by Gasteiger charge is 2.36. The second kappa shape index (κ2) is 5.12. The zero-order chi connectivity index (χ0) is 14.2. The van der Waals surface area contributed by atoms with Gasteiger partial charge in [-0.3, -0.25) is 4.79 Å². The Hall–Kier alpha value is -1.50. The molecule has 2 aromatic rings.